The quantitative estimate of drug-likeness (QED) is 0.650. The first kappa shape index (κ1) is 23.8. The minimum atomic E-state index is -0.833. The fourth-order valence-electron chi connectivity index (χ4n) is 0. The van der Waals surface area contributed by atoms with Crippen LogP contribution in [0.4, 0.5) is 0 Å². The molecule has 16 heavy (non-hydrogen) atoms. The van der Waals surface area contributed by atoms with Crippen LogP contribution >= 0.6 is 0 Å². The van der Waals surface area contributed by atoms with E-state index in [1.54, 1.807) is 7.05 Å². The molecule has 0 aromatic carbocycles. The van der Waals surface area contributed by atoms with Crippen LogP contribution < -0.4 is 5.32 Å². The monoisotopic (exact) mass is 235 g/mol. The summed E-state index contributed by atoms with van der Waals surface area (Å²) in [5.74, 6) is -0.500. The molecule has 6 nitrogen and oxygen atoms in total. The Kier molecular flexibility index (Phi) is 34.6. The van der Waals surface area contributed by atoms with Crippen LogP contribution in [0, 0.1) is 0 Å². The molecule has 0 aliphatic rings. The van der Waals surface area contributed by atoms with Gasteiger partial charge in [-0.2, -0.15) is 0 Å². The predicted molar refractivity (Wildman–Crippen MR) is 61.1 cm³/mol. The fraction of sp³-hybridized carbons (Fsp3) is 0.600. The molecular weight excluding hydrogens is 214 g/mol. The summed E-state index contributed by atoms with van der Waals surface area (Å²) >= 11 is 0. The van der Waals surface area contributed by atoms with Crippen LogP contribution in [0.2, 0.25) is 0 Å². The highest BCUT2D eigenvalue weighted by Gasteiger charge is 1.65. The maximum Gasteiger partial charge on any atom is 0.300 e. The van der Waals surface area contributed by atoms with E-state index in [1.807, 2.05) is 0 Å². The molecule has 0 unspecified atom stereocenters. The van der Waals surface area contributed by atoms with Gasteiger partial charge in [-0.3, -0.25) is 9.59 Å². The maximum absolute atomic E-state index is 9.44. The molecule has 0 aromatic heterocycles. The van der Waals surface area contributed by atoms with Crippen LogP contribution in [0.5, 0.6) is 0 Å². The Morgan fingerprint density at radius 3 is 1.00 bits per heavy atom. The smallest absolute Gasteiger partial charge is 0.300 e. The molecule has 0 aliphatic carbocycles. The lowest BCUT2D eigenvalue weighted by atomic mass is 10.6. The number of aliphatic carboxylic acids is 1. The zero-order chi connectivity index (χ0) is 14.1. The molecule has 0 spiro atoms. The van der Waals surface area contributed by atoms with Gasteiger partial charge in [-0.25, -0.2) is 0 Å². The van der Waals surface area contributed by atoms with E-state index in [4.69, 9.17) is 14.7 Å². The Labute approximate surface area is 96.0 Å². The van der Waals surface area contributed by atoms with Crippen molar-refractivity contribution in [2.24, 2.45) is 0 Å². The first-order valence-corrected chi connectivity index (χ1v) is 4.36. The van der Waals surface area contributed by atoms with Gasteiger partial charge in [-0.15, -0.1) is 0 Å². The number of Topliss-reactive ketones (excluding diaryl/α,β-unsaturated/α-hetero) is 2. The lowest BCUT2D eigenvalue weighted by molar-refractivity contribution is -0.134. The molecule has 0 radical (unpaired) electrons. The largest absolute Gasteiger partial charge is 0.481 e. The molecule has 6 heteroatoms. The van der Waals surface area contributed by atoms with Gasteiger partial charge in [0.25, 0.3) is 5.97 Å². The van der Waals surface area contributed by atoms with E-state index in [-0.39, 0.29) is 11.6 Å². The van der Waals surface area contributed by atoms with Gasteiger partial charge in [0.1, 0.15) is 11.6 Å². The number of nitrogens with one attached hydrogen (secondary N) is 1. The summed E-state index contributed by atoms with van der Waals surface area (Å²) < 4.78 is 0. The SMILES string of the molecule is CC(=O)O.CC(C)=O.CC(C)=O.CNC=O. The van der Waals surface area contributed by atoms with Gasteiger partial charge in [0.15, 0.2) is 0 Å². The number of amides is 1. The molecule has 0 aromatic rings. The third-order valence-corrected chi connectivity index (χ3v) is 0.118. The lowest BCUT2D eigenvalue weighted by Gasteiger charge is -1.64. The third kappa shape index (κ3) is 3010. The second kappa shape index (κ2) is 23.3. The average Bonchev–Trinajstić information content (AvgIpc) is 2.00. The Morgan fingerprint density at radius 2 is 1.00 bits per heavy atom. The standard InChI is InChI=1S/2C3H6O.C2H5NO.C2H4O2/c2*1-3(2)4;1-3-2-4;1-2(3)4/h2*1-2H3;2H,1H3,(H,3,4);1H3,(H,3,4). The van der Waals surface area contributed by atoms with Crippen LogP contribution in [-0.2, 0) is 19.2 Å². The van der Waals surface area contributed by atoms with Gasteiger partial charge in [0.05, 0.1) is 0 Å². The number of ketones is 2. The van der Waals surface area contributed by atoms with E-state index < -0.39 is 5.97 Å². The van der Waals surface area contributed by atoms with Crippen LogP contribution in [0.15, 0.2) is 0 Å². The third-order valence-electron chi connectivity index (χ3n) is 0.118. The molecule has 96 valence electrons. The number of hydrogen-bond donors (Lipinski definition) is 2. The zero-order valence-corrected chi connectivity index (χ0v) is 10.7. The Balaban J connectivity index is -0.0000000600. The van der Waals surface area contributed by atoms with Crippen LogP contribution in [0.25, 0.3) is 0 Å². The number of rotatable bonds is 1. The van der Waals surface area contributed by atoms with E-state index in [0.29, 0.717) is 6.41 Å². The van der Waals surface area contributed by atoms with Crippen molar-refractivity contribution in [3.05, 3.63) is 0 Å². The molecule has 0 atom stereocenters. The van der Waals surface area contributed by atoms with Crippen molar-refractivity contribution in [3.8, 4) is 0 Å². The van der Waals surface area contributed by atoms with E-state index in [0.717, 1.165) is 6.92 Å². The van der Waals surface area contributed by atoms with Crippen LogP contribution in [-0.4, -0.2) is 36.1 Å². The van der Waals surface area contributed by atoms with Crippen molar-refractivity contribution in [1.82, 2.24) is 5.32 Å². The van der Waals surface area contributed by atoms with Crippen molar-refractivity contribution < 1.29 is 24.3 Å². The highest BCUT2D eigenvalue weighted by Crippen LogP contribution is 1.50. The van der Waals surface area contributed by atoms with Gasteiger partial charge < -0.3 is 20.0 Å². The molecule has 2 N–H and O–H groups in total. The average molecular weight is 235 g/mol. The van der Waals surface area contributed by atoms with E-state index in [9.17, 15) is 9.59 Å². The second-order valence-corrected chi connectivity index (χ2v) is 2.74. The Bertz CT molecular complexity index is 161. The topological polar surface area (TPSA) is 101 Å². The number of carboxylic acid groups (broad SMARTS) is 1. The molecule has 0 saturated carbocycles. The summed E-state index contributed by atoms with van der Waals surface area (Å²) in [6.07, 6.45) is 0.625. The molecule has 0 heterocycles. The van der Waals surface area contributed by atoms with Crippen molar-refractivity contribution in [2.45, 2.75) is 34.6 Å². The summed E-state index contributed by atoms with van der Waals surface area (Å²) in [6.45, 7) is 7.19. The van der Waals surface area contributed by atoms with Gasteiger partial charge in [-0.05, 0) is 27.7 Å². The van der Waals surface area contributed by atoms with Gasteiger partial charge in [0, 0.05) is 14.0 Å². The number of hydrogen-bond acceptors (Lipinski definition) is 4. The first-order chi connectivity index (χ1) is 7.11. The lowest BCUT2D eigenvalue weighted by Crippen LogP contribution is -1.98. The molecular formula is C10H21NO5. The minimum absolute atomic E-state index is 0.167. The minimum Gasteiger partial charge on any atom is -0.481 e. The van der Waals surface area contributed by atoms with Crippen molar-refractivity contribution in [2.75, 3.05) is 7.05 Å². The molecule has 0 rings (SSSR count). The normalized spacial score (nSPS) is 6.12. The van der Waals surface area contributed by atoms with Crippen LogP contribution in [0.3, 0.4) is 0 Å². The highest BCUT2D eigenvalue weighted by molar-refractivity contribution is 5.72. The Hall–Kier alpha value is -1.72. The van der Waals surface area contributed by atoms with Crippen molar-refractivity contribution >= 4 is 23.9 Å². The van der Waals surface area contributed by atoms with E-state index in [2.05, 4.69) is 5.32 Å². The molecule has 0 saturated heterocycles. The van der Waals surface area contributed by atoms with Gasteiger partial charge in [-0.1, -0.05) is 0 Å². The van der Waals surface area contributed by atoms with Crippen LogP contribution in [0.1, 0.15) is 34.6 Å². The summed E-state index contributed by atoms with van der Waals surface area (Å²) in [6, 6.07) is 0. The van der Waals surface area contributed by atoms with Crippen molar-refractivity contribution in [1.29, 1.82) is 0 Å². The Morgan fingerprint density at radius 1 is 0.938 bits per heavy atom. The van der Waals surface area contributed by atoms with E-state index in [1.165, 1.54) is 27.7 Å². The van der Waals surface area contributed by atoms with Crippen molar-refractivity contribution in [3.63, 3.8) is 0 Å². The zero-order valence-electron chi connectivity index (χ0n) is 10.7. The molecule has 1 amide bonds. The van der Waals surface area contributed by atoms with E-state index >= 15 is 0 Å². The fourth-order valence-corrected chi connectivity index (χ4v) is 0. The first-order valence-electron chi connectivity index (χ1n) is 4.36. The number of carboxylic acids is 1. The number of carbonyl (C=O) groups is 4. The highest BCUT2D eigenvalue weighted by atomic mass is 16.4. The molecule has 0 fully saturated rings. The second-order valence-electron chi connectivity index (χ2n) is 2.74. The summed E-state index contributed by atoms with van der Waals surface area (Å²) in [5, 5.41) is 9.67. The summed E-state index contributed by atoms with van der Waals surface area (Å²) in [4.78, 5) is 37.0. The summed E-state index contributed by atoms with van der Waals surface area (Å²) in [5.41, 5.74) is 0. The molecule has 0 bridgehead atoms. The maximum atomic E-state index is 9.44. The van der Waals surface area contributed by atoms with Gasteiger partial charge in [0.2, 0.25) is 6.41 Å². The predicted octanol–water partition coefficient (Wildman–Crippen LogP) is 0.644. The van der Waals surface area contributed by atoms with Gasteiger partial charge >= 0.3 is 0 Å². The molecule has 0 aliphatic heterocycles. The number of carbonyl (C=O) groups excluding carboxylic acids is 3. The summed E-state index contributed by atoms with van der Waals surface area (Å²) in [7, 11) is 1.56.